The van der Waals surface area contributed by atoms with Gasteiger partial charge in [0, 0.05) is 42.5 Å². The minimum absolute atomic E-state index is 0.541. The van der Waals surface area contributed by atoms with Crippen LogP contribution in [0.5, 0.6) is 23.1 Å². The third-order valence-electron chi connectivity index (χ3n) is 6.04. The summed E-state index contributed by atoms with van der Waals surface area (Å²) in [7, 11) is 0. The van der Waals surface area contributed by atoms with Gasteiger partial charge in [-0.15, -0.1) is 0 Å². The largest absolute Gasteiger partial charge is 0.457 e. The van der Waals surface area contributed by atoms with E-state index in [0.29, 0.717) is 17.4 Å². The van der Waals surface area contributed by atoms with E-state index in [0.717, 1.165) is 17.0 Å². The topological polar surface area (TPSA) is 36.3 Å². The summed E-state index contributed by atoms with van der Waals surface area (Å²) in [6, 6.07) is 42.4. The van der Waals surface area contributed by atoms with Crippen molar-refractivity contribution in [3.63, 3.8) is 0 Å². The van der Waals surface area contributed by atoms with E-state index in [4.69, 9.17) is 9.47 Å². The molecule has 0 fully saturated rings. The summed E-state index contributed by atoms with van der Waals surface area (Å²) in [6.07, 6.45) is 5.91. The highest BCUT2D eigenvalue weighted by atomic mass is 16.5. The lowest BCUT2D eigenvalue weighted by molar-refractivity contribution is 0.449. The fraction of sp³-hybridized carbons (Fsp3) is 0. The first-order valence-corrected chi connectivity index (χ1v) is 12.1. The molecule has 0 radical (unpaired) electrons. The number of aromatic nitrogens is 2. The Bertz CT molecular complexity index is 1610. The predicted octanol–water partition coefficient (Wildman–Crippen LogP) is 8.79. The smallest absolute Gasteiger partial charge is 0.219 e. The maximum Gasteiger partial charge on any atom is 0.219 e. The van der Waals surface area contributed by atoms with Crippen molar-refractivity contribution in [2.75, 3.05) is 0 Å². The van der Waals surface area contributed by atoms with Gasteiger partial charge in [0.2, 0.25) is 5.88 Å². The molecule has 0 aliphatic carbocycles. The van der Waals surface area contributed by atoms with Gasteiger partial charge in [0.15, 0.2) is 0 Å². The van der Waals surface area contributed by atoms with Crippen LogP contribution in [0.15, 0.2) is 146 Å². The van der Waals surface area contributed by atoms with Gasteiger partial charge >= 0.3 is 0 Å². The summed E-state index contributed by atoms with van der Waals surface area (Å²) in [5.41, 5.74) is 5.78. The number of ether oxygens (including phenoxy) is 2. The molecule has 0 aliphatic heterocycles. The second-order valence-corrected chi connectivity index (χ2v) is 8.60. The summed E-state index contributed by atoms with van der Waals surface area (Å²) >= 11 is 0. The van der Waals surface area contributed by atoms with Crippen LogP contribution in [0, 0.1) is 0 Å². The minimum Gasteiger partial charge on any atom is -0.457 e. The Balaban J connectivity index is 1.18. The summed E-state index contributed by atoms with van der Waals surface area (Å²) in [4.78, 5) is 4.21. The number of benzene rings is 4. The predicted molar refractivity (Wildman–Crippen MR) is 147 cm³/mol. The molecule has 0 saturated carbocycles. The first-order chi connectivity index (χ1) is 18.3. The molecule has 0 amide bonds. The molecule has 4 heteroatoms. The highest BCUT2D eigenvalue weighted by molar-refractivity contribution is 5.70. The fourth-order valence-electron chi connectivity index (χ4n) is 4.19. The van der Waals surface area contributed by atoms with Crippen molar-refractivity contribution in [1.29, 1.82) is 0 Å². The average Bonchev–Trinajstić information content (AvgIpc) is 3.45. The van der Waals surface area contributed by atoms with Crippen LogP contribution in [0.2, 0.25) is 0 Å². The minimum atomic E-state index is 0.541. The van der Waals surface area contributed by atoms with Gasteiger partial charge in [0.05, 0.1) is 0 Å². The van der Waals surface area contributed by atoms with Crippen molar-refractivity contribution in [3.05, 3.63) is 146 Å². The van der Waals surface area contributed by atoms with Gasteiger partial charge < -0.3 is 14.0 Å². The Labute approximate surface area is 216 Å². The van der Waals surface area contributed by atoms with E-state index < -0.39 is 0 Å². The van der Waals surface area contributed by atoms with Crippen molar-refractivity contribution in [1.82, 2.24) is 9.55 Å². The molecule has 0 spiro atoms. The number of pyridine rings is 1. The summed E-state index contributed by atoms with van der Waals surface area (Å²) < 4.78 is 14.1. The van der Waals surface area contributed by atoms with Crippen molar-refractivity contribution in [2.24, 2.45) is 0 Å². The zero-order valence-electron chi connectivity index (χ0n) is 20.1. The monoisotopic (exact) mass is 480 g/mol. The van der Waals surface area contributed by atoms with E-state index in [9.17, 15) is 0 Å². The molecule has 178 valence electrons. The molecule has 0 unspecified atom stereocenters. The molecule has 2 aromatic heterocycles. The maximum absolute atomic E-state index is 6.15. The van der Waals surface area contributed by atoms with Crippen LogP contribution in [-0.4, -0.2) is 9.55 Å². The number of nitrogens with zero attached hydrogens (tertiary/aromatic N) is 2. The Kier molecular flexibility index (Phi) is 6.21. The molecule has 37 heavy (non-hydrogen) atoms. The van der Waals surface area contributed by atoms with E-state index in [1.165, 1.54) is 16.7 Å². The van der Waals surface area contributed by atoms with Gasteiger partial charge in [0.1, 0.15) is 17.2 Å². The van der Waals surface area contributed by atoms with Crippen LogP contribution in [0.1, 0.15) is 0 Å². The quantitative estimate of drug-likeness (QED) is 0.229. The van der Waals surface area contributed by atoms with Crippen LogP contribution in [0.4, 0.5) is 0 Å². The van der Waals surface area contributed by atoms with Gasteiger partial charge in [-0.25, -0.2) is 4.98 Å². The summed E-state index contributed by atoms with van der Waals surface area (Å²) in [6.45, 7) is 0. The third kappa shape index (κ3) is 5.29. The first kappa shape index (κ1) is 22.4. The second kappa shape index (κ2) is 10.3. The van der Waals surface area contributed by atoms with E-state index in [2.05, 4.69) is 82.6 Å². The van der Waals surface area contributed by atoms with Gasteiger partial charge in [0.25, 0.3) is 0 Å². The highest BCUT2D eigenvalue weighted by Gasteiger charge is 2.06. The normalized spacial score (nSPS) is 10.7. The lowest BCUT2D eigenvalue weighted by Gasteiger charge is -2.10. The molecule has 6 aromatic rings. The van der Waals surface area contributed by atoms with Gasteiger partial charge in [-0.2, -0.15) is 0 Å². The maximum atomic E-state index is 6.15. The molecular formula is C33H24N2O2. The van der Waals surface area contributed by atoms with Crippen LogP contribution >= 0.6 is 0 Å². The van der Waals surface area contributed by atoms with Crippen molar-refractivity contribution < 1.29 is 9.47 Å². The Morgan fingerprint density at radius 3 is 1.89 bits per heavy atom. The van der Waals surface area contributed by atoms with E-state index >= 15 is 0 Å². The summed E-state index contributed by atoms with van der Waals surface area (Å²) in [5, 5.41) is 0. The van der Waals surface area contributed by atoms with Crippen LogP contribution < -0.4 is 9.47 Å². The van der Waals surface area contributed by atoms with E-state index in [1.54, 1.807) is 6.20 Å². The highest BCUT2D eigenvalue weighted by Crippen LogP contribution is 2.30. The van der Waals surface area contributed by atoms with Gasteiger partial charge in [-0.3, -0.25) is 0 Å². The standard InChI is InChI=1S/C33H24N2O2/c1-2-8-25(9-3-1)26-15-17-27(18-16-26)28-19-21-35(24-28)29-10-6-11-30(22-29)36-31-12-7-13-32(23-31)37-33-14-4-5-20-34-33/h1-24H. The zero-order chi connectivity index (χ0) is 24.9. The number of hydrogen-bond donors (Lipinski definition) is 0. The fourth-order valence-corrected chi connectivity index (χ4v) is 4.19. The third-order valence-corrected chi connectivity index (χ3v) is 6.04. The molecule has 4 nitrogen and oxygen atoms in total. The molecule has 0 atom stereocenters. The Morgan fingerprint density at radius 1 is 0.486 bits per heavy atom. The number of rotatable bonds is 7. The van der Waals surface area contributed by atoms with Gasteiger partial charge in [-0.1, -0.05) is 72.8 Å². The molecule has 0 aliphatic rings. The zero-order valence-corrected chi connectivity index (χ0v) is 20.1. The molecule has 0 bridgehead atoms. The molecular weight excluding hydrogens is 456 g/mol. The van der Waals surface area contributed by atoms with Crippen LogP contribution in [-0.2, 0) is 0 Å². The molecule has 4 aromatic carbocycles. The van der Waals surface area contributed by atoms with Crippen molar-refractivity contribution in [2.45, 2.75) is 0 Å². The van der Waals surface area contributed by atoms with Crippen molar-refractivity contribution >= 4 is 0 Å². The van der Waals surface area contributed by atoms with Crippen LogP contribution in [0.25, 0.3) is 27.9 Å². The summed E-state index contributed by atoms with van der Waals surface area (Å²) in [5.74, 6) is 2.65. The molecule has 0 N–H and O–H groups in total. The van der Waals surface area contributed by atoms with E-state index in [-0.39, 0.29) is 0 Å². The van der Waals surface area contributed by atoms with E-state index in [1.807, 2.05) is 66.7 Å². The van der Waals surface area contributed by atoms with Crippen LogP contribution in [0.3, 0.4) is 0 Å². The van der Waals surface area contributed by atoms with Crippen molar-refractivity contribution in [3.8, 4) is 51.1 Å². The Morgan fingerprint density at radius 2 is 1.14 bits per heavy atom. The second-order valence-electron chi connectivity index (χ2n) is 8.60. The number of hydrogen-bond acceptors (Lipinski definition) is 3. The molecule has 0 saturated heterocycles. The van der Waals surface area contributed by atoms with Gasteiger partial charge in [-0.05, 0) is 58.7 Å². The lowest BCUT2D eigenvalue weighted by Crippen LogP contribution is -1.92. The SMILES string of the molecule is c1ccc(-c2ccc(-c3ccn(-c4cccc(Oc5cccc(Oc6ccccn6)c5)c4)c3)cc2)cc1. The first-order valence-electron chi connectivity index (χ1n) is 12.1. The Hall–Kier alpha value is -5.09. The lowest BCUT2D eigenvalue weighted by atomic mass is 10.0. The molecule has 2 heterocycles. The molecule has 6 rings (SSSR count). The average molecular weight is 481 g/mol.